The van der Waals surface area contributed by atoms with Crippen molar-refractivity contribution in [2.45, 2.75) is 13.8 Å². The number of carbonyl (C=O) groups excluding carboxylic acids is 2. The number of ether oxygens (including phenoxy) is 1. The fourth-order valence-electron chi connectivity index (χ4n) is 1.20. The van der Waals surface area contributed by atoms with Gasteiger partial charge in [-0.05, 0) is 6.92 Å². The van der Waals surface area contributed by atoms with E-state index in [0.717, 1.165) is 0 Å². The highest BCUT2D eigenvalue weighted by molar-refractivity contribution is 5.73. The van der Waals surface area contributed by atoms with Crippen LogP contribution in [-0.2, 0) is 14.3 Å². The summed E-state index contributed by atoms with van der Waals surface area (Å²) in [5.74, 6) is -0.332. The van der Waals surface area contributed by atoms with Gasteiger partial charge in [-0.2, -0.15) is 0 Å². The van der Waals surface area contributed by atoms with Gasteiger partial charge in [0.15, 0.2) is 0 Å². The molecule has 0 bridgehead atoms. The number of amides is 1. The Bertz CT molecular complexity index is 241. The first-order valence-corrected chi connectivity index (χ1v) is 5.33. The van der Waals surface area contributed by atoms with E-state index in [1.165, 1.54) is 6.92 Å². The molecule has 16 heavy (non-hydrogen) atoms. The number of carbonyl (C=O) groups is 2. The highest BCUT2D eigenvalue weighted by Gasteiger charge is 2.09. The summed E-state index contributed by atoms with van der Waals surface area (Å²) in [7, 11) is 0. The minimum absolute atomic E-state index is 0.0744. The molecule has 0 atom stereocenters. The summed E-state index contributed by atoms with van der Waals surface area (Å²) in [5.41, 5.74) is 0. The summed E-state index contributed by atoms with van der Waals surface area (Å²) >= 11 is 0. The Balaban J connectivity index is 3.91. The molecule has 0 aliphatic rings. The molecule has 1 N–H and O–H groups in total. The first kappa shape index (κ1) is 14.6. The third kappa shape index (κ3) is 7.99. The van der Waals surface area contributed by atoms with Gasteiger partial charge < -0.3 is 10.1 Å². The Morgan fingerprint density at radius 1 is 1.50 bits per heavy atom. The van der Waals surface area contributed by atoms with Crippen LogP contribution < -0.4 is 5.32 Å². The van der Waals surface area contributed by atoms with Gasteiger partial charge in [0.1, 0.15) is 0 Å². The molecule has 0 radical (unpaired) electrons. The summed E-state index contributed by atoms with van der Waals surface area (Å²) in [4.78, 5) is 23.8. The Labute approximate surface area is 96.4 Å². The number of nitrogens with one attached hydrogen (secondary N) is 1. The molecule has 5 heteroatoms. The van der Waals surface area contributed by atoms with E-state index in [9.17, 15) is 9.59 Å². The molecule has 0 spiro atoms. The Morgan fingerprint density at radius 2 is 2.19 bits per heavy atom. The summed E-state index contributed by atoms with van der Waals surface area (Å²) in [6.45, 7) is 9.16. The van der Waals surface area contributed by atoms with Crippen LogP contribution in [0.15, 0.2) is 12.7 Å². The molecular weight excluding hydrogens is 208 g/mol. The maximum Gasteiger partial charge on any atom is 0.320 e. The average Bonchev–Trinajstić information content (AvgIpc) is 2.17. The van der Waals surface area contributed by atoms with E-state index >= 15 is 0 Å². The van der Waals surface area contributed by atoms with E-state index < -0.39 is 0 Å². The van der Waals surface area contributed by atoms with Crippen LogP contribution in [0.25, 0.3) is 0 Å². The second kappa shape index (κ2) is 8.91. The molecule has 0 fully saturated rings. The lowest BCUT2D eigenvalue weighted by atomic mass is 10.4. The molecule has 5 nitrogen and oxygen atoms in total. The predicted octanol–water partition coefficient (Wildman–Crippen LogP) is 0.174. The summed E-state index contributed by atoms with van der Waals surface area (Å²) in [6, 6.07) is 0. The second-order valence-electron chi connectivity index (χ2n) is 3.31. The van der Waals surface area contributed by atoms with Crippen LogP contribution in [0.3, 0.4) is 0 Å². The largest absolute Gasteiger partial charge is 0.465 e. The number of hydrogen-bond donors (Lipinski definition) is 1. The molecule has 0 aromatic heterocycles. The van der Waals surface area contributed by atoms with Crippen LogP contribution in [0, 0.1) is 0 Å². The number of hydrogen-bond acceptors (Lipinski definition) is 4. The van der Waals surface area contributed by atoms with E-state index in [-0.39, 0.29) is 18.4 Å². The monoisotopic (exact) mass is 228 g/mol. The van der Waals surface area contributed by atoms with Crippen molar-refractivity contribution in [3.05, 3.63) is 12.7 Å². The topological polar surface area (TPSA) is 58.6 Å². The van der Waals surface area contributed by atoms with E-state index in [2.05, 4.69) is 11.9 Å². The lowest BCUT2D eigenvalue weighted by Gasteiger charge is -2.19. The normalized spacial score (nSPS) is 9.94. The zero-order valence-corrected chi connectivity index (χ0v) is 9.99. The van der Waals surface area contributed by atoms with Gasteiger partial charge in [0.25, 0.3) is 0 Å². The van der Waals surface area contributed by atoms with Crippen molar-refractivity contribution < 1.29 is 14.3 Å². The molecule has 0 rings (SSSR count). The SMILES string of the molecule is C=CCN(CCNC(C)=O)CC(=O)OCC. The quantitative estimate of drug-likeness (QED) is 0.475. The molecule has 0 aliphatic carbocycles. The fraction of sp³-hybridized carbons (Fsp3) is 0.636. The van der Waals surface area contributed by atoms with Crippen LogP contribution in [-0.4, -0.2) is 49.6 Å². The molecule has 0 saturated heterocycles. The van der Waals surface area contributed by atoms with Crippen LogP contribution in [0.5, 0.6) is 0 Å². The molecule has 92 valence electrons. The smallest absolute Gasteiger partial charge is 0.320 e. The Kier molecular flexibility index (Phi) is 8.15. The van der Waals surface area contributed by atoms with Gasteiger partial charge >= 0.3 is 5.97 Å². The van der Waals surface area contributed by atoms with Crippen molar-refractivity contribution >= 4 is 11.9 Å². The molecule has 0 aromatic carbocycles. The van der Waals surface area contributed by atoms with Gasteiger partial charge in [-0.25, -0.2) is 0 Å². The maximum atomic E-state index is 11.2. The van der Waals surface area contributed by atoms with Crippen LogP contribution in [0.1, 0.15) is 13.8 Å². The van der Waals surface area contributed by atoms with Crippen molar-refractivity contribution in [3.63, 3.8) is 0 Å². The van der Waals surface area contributed by atoms with Gasteiger partial charge in [-0.15, -0.1) is 6.58 Å². The minimum Gasteiger partial charge on any atom is -0.465 e. The van der Waals surface area contributed by atoms with E-state index in [0.29, 0.717) is 26.2 Å². The van der Waals surface area contributed by atoms with Crippen molar-refractivity contribution in [1.29, 1.82) is 0 Å². The van der Waals surface area contributed by atoms with Gasteiger partial charge in [0.05, 0.1) is 13.2 Å². The Hall–Kier alpha value is -1.36. The molecule has 0 saturated carbocycles. The average molecular weight is 228 g/mol. The summed E-state index contributed by atoms with van der Waals surface area (Å²) in [6.07, 6.45) is 1.72. The van der Waals surface area contributed by atoms with E-state index in [1.807, 2.05) is 4.90 Å². The van der Waals surface area contributed by atoms with E-state index in [1.54, 1.807) is 13.0 Å². The molecule has 1 amide bonds. The van der Waals surface area contributed by atoms with Crippen molar-refractivity contribution in [2.75, 3.05) is 32.8 Å². The maximum absolute atomic E-state index is 11.2. The fourth-order valence-corrected chi connectivity index (χ4v) is 1.20. The first-order chi connectivity index (χ1) is 7.60. The molecule has 0 aromatic rings. The molecule has 0 aliphatic heterocycles. The van der Waals surface area contributed by atoms with Gasteiger partial charge in [0, 0.05) is 26.6 Å². The highest BCUT2D eigenvalue weighted by atomic mass is 16.5. The third-order valence-electron chi connectivity index (χ3n) is 1.85. The molecule has 0 unspecified atom stereocenters. The first-order valence-electron chi connectivity index (χ1n) is 5.33. The second-order valence-corrected chi connectivity index (χ2v) is 3.31. The van der Waals surface area contributed by atoms with Crippen molar-refractivity contribution in [1.82, 2.24) is 10.2 Å². The zero-order chi connectivity index (χ0) is 12.4. The summed E-state index contributed by atoms with van der Waals surface area (Å²) in [5, 5.41) is 2.67. The van der Waals surface area contributed by atoms with Crippen LogP contribution >= 0.6 is 0 Å². The Morgan fingerprint density at radius 3 is 2.69 bits per heavy atom. The number of rotatable bonds is 8. The van der Waals surface area contributed by atoms with E-state index in [4.69, 9.17) is 4.74 Å². The third-order valence-corrected chi connectivity index (χ3v) is 1.85. The van der Waals surface area contributed by atoms with Crippen molar-refractivity contribution in [3.8, 4) is 0 Å². The van der Waals surface area contributed by atoms with Gasteiger partial charge in [-0.3, -0.25) is 14.5 Å². The van der Waals surface area contributed by atoms with Crippen LogP contribution in [0.4, 0.5) is 0 Å². The molecule has 0 heterocycles. The summed E-state index contributed by atoms with van der Waals surface area (Å²) < 4.78 is 4.84. The number of esters is 1. The zero-order valence-electron chi connectivity index (χ0n) is 9.99. The lowest BCUT2D eigenvalue weighted by Crippen LogP contribution is -2.37. The minimum atomic E-state index is -0.257. The standard InChI is InChI=1S/C11H20N2O3/c1-4-7-13(8-6-12-10(3)14)9-11(15)16-5-2/h4H,1,5-9H2,2-3H3,(H,12,14). The van der Waals surface area contributed by atoms with Gasteiger partial charge in [-0.1, -0.05) is 6.08 Å². The van der Waals surface area contributed by atoms with Crippen LogP contribution in [0.2, 0.25) is 0 Å². The lowest BCUT2D eigenvalue weighted by molar-refractivity contribution is -0.144. The predicted molar refractivity (Wildman–Crippen MR) is 62.0 cm³/mol. The van der Waals surface area contributed by atoms with Crippen molar-refractivity contribution in [2.24, 2.45) is 0 Å². The molecular formula is C11H20N2O3. The van der Waals surface area contributed by atoms with Gasteiger partial charge in [0.2, 0.25) is 5.91 Å². The number of nitrogens with zero attached hydrogens (tertiary/aromatic N) is 1. The highest BCUT2D eigenvalue weighted by Crippen LogP contribution is 1.90.